The van der Waals surface area contributed by atoms with Gasteiger partial charge in [0.1, 0.15) is 0 Å². The Kier molecular flexibility index (Phi) is 6.73. The van der Waals surface area contributed by atoms with E-state index in [9.17, 15) is 19.7 Å². The Hall–Kier alpha value is -3.94. The van der Waals surface area contributed by atoms with Crippen LogP contribution in [0.5, 0.6) is 5.75 Å². The number of non-ortho nitro benzene ring substituents is 1. The molecule has 0 aliphatic carbocycles. The van der Waals surface area contributed by atoms with Crippen LogP contribution in [0.4, 0.5) is 11.4 Å². The van der Waals surface area contributed by atoms with E-state index >= 15 is 0 Å². The molecule has 3 aromatic rings. The molecule has 0 amide bonds. The Morgan fingerprint density at radius 1 is 1.03 bits per heavy atom. The van der Waals surface area contributed by atoms with Gasteiger partial charge in [-0.05, 0) is 31.2 Å². The van der Waals surface area contributed by atoms with Crippen LogP contribution in [0, 0.1) is 17.0 Å². The summed E-state index contributed by atoms with van der Waals surface area (Å²) in [6, 6.07) is 15.5. The maximum Gasteiger partial charge on any atom is 0.310 e. The third-order valence-corrected chi connectivity index (χ3v) is 5.21. The molecule has 0 saturated carbocycles. The molecule has 3 rings (SSSR count). The molecule has 1 heterocycles. The topological polar surface area (TPSA) is 94.7 Å². The van der Waals surface area contributed by atoms with Crippen LogP contribution >= 0.6 is 0 Å². The van der Waals surface area contributed by atoms with E-state index in [0.29, 0.717) is 17.0 Å². The van der Waals surface area contributed by atoms with Crippen LogP contribution in [-0.2, 0) is 4.79 Å². The molecule has 8 nitrogen and oxygen atoms in total. The number of nitro groups is 1. The Morgan fingerprint density at radius 3 is 2.19 bits per heavy atom. The number of benzene rings is 2. The number of anilines is 1. The monoisotopic (exact) mass is 435 g/mol. The smallest absolute Gasteiger partial charge is 0.310 e. The van der Waals surface area contributed by atoms with Crippen molar-refractivity contribution in [2.75, 3.05) is 12.1 Å². The second-order valence-electron chi connectivity index (χ2n) is 7.22. The Bertz CT molecular complexity index is 1150. The van der Waals surface area contributed by atoms with Gasteiger partial charge in [-0.25, -0.2) is 0 Å². The minimum Gasteiger partial charge on any atom is -0.424 e. The summed E-state index contributed by atoms with van der Waals surface area (Å²) in [6.45, 7) is 5.20. The van der Waals surface area contributed by atoms with Crippen LogP contribution in [0.15, 0.2) is 54.6 Å². The van der Waals surface area contributed by atoms with Crippen LogP contribution in [-0.4, -0.2) is 28.4 Å². The van der Waals surface area contributed by atoms with Gasteiger partial charge in [0.25, 0.3) is 5.69 Å². The number of Topliss-reactive ketones (excluding diaryl/α,β-unsaturated/α-hetero) is 1. The van der Waals surface area contributed by atoms with Crippen molar-refractivity contribution in [1.82, 2.24) is 4.68 Å². The van der Waals surface area contributed by atoms with E-state index in [1.54, 1.807) is 37.6 Å². The highest BCUT2D eigenvalue weighted by molar-refractivity contribution is 6.05. The number of aromatic nitrogens is 1. The molecule has 1 aromatic heterocycles. The van der Waals surface area contributed by atoms with Gasteiger partial charge in [0, 0.05) is 37.6 Å². The second-order valence-corrected chi connectivity index (χ2v) is 7.22. The number of rotatable bonds is 8. The van der Waals surface area contributed by atoms with E-state index < -0.39 is 10.9 Å². The molecular formula is C24H25N3O5. The number of carbonyl (C=O) groups excluding carboxylic acids is 2. The summed E-state index contributed by atoms with van der Waals surface area (Å²) in [5.74, 6) is -0.437. The van der Waals surface area contributed by atoms with Crippen molar-refractivity contribution in [3.8, 4) is 17.0 Å². The van der Waals surface area contributed by atoms with Crippen molar-refractivity contribution in [2.45, 2.75) is 33.6 Å². The zero-order valence-electron chi connectivity index (χ0n) is 18.5. The van der Waals surface area contributed by atoms with Crippen LogP contribution in [0.2, 0.25) is 0 Å². The average molecular weight is 435 g/mol. The van der Waals surface area contributed by atoms with E-state index in [-0.39, 0.29) is 35.6 Å². The fourth-order valence-corrected chi connectivity index (χ4v) is 3.55. The number of ether oxygens (including phenoxy) is 1. The molecule has 0 saturated heterocycles. The fraction of sp³-hybridized carbons (Fsp3) is 0.250. The van der Waals surface area contributed by atoms with Crippen molar-refractivity contribution in [3.05, 3.63) is 76.0 Å². The first kappa shape index (κ1) is 22.7. The van der Waals surface area contributed by atoms with E-state index in [1.807, 2.05) is 42.4 Å². The first-order valence-electron chi connectivity index (χ1n) is 10.3. The summed E-state index contributed by atoms with van der Waals surface area (Å²) in [4.78, 5) is 35.9. The Labute approximate surface area is 186 Å². The number of nitrogens with zero attached hydrogens (tertiary/aromatic N) is 3. The van der Waals surface area contributed by atoms with Gasteiger partial charge in [-0.15, -0.1) is 0 Å². The molecule has 0 aliphatic rings. The predicted molar refractivity (Wildman–Crippen MR) is 122 cm³/mol. The van der Waals surface area contributed by atoms with Crippen LogP contribution in [0.1, 0.15) is 42.7 Å². The average Bonchev–Trinajstić information content (AvgIpc) is 3.10. The highest BCUT2D eigenvalue weighted by Gasteiger charge is 2.30. The zero-order chi connectivity index (χ0) is 23.4. The number of ketones is 1. The molecule has 0 fully saturated rings. The maximum absolute atomic E-state index is 13.1. The van der Waals surface area contributed by atoms with Crippen molar-refractivity contribution < 1.29 is 19.2 Å². The molecule has 166 valence electrons. The largest absolute Gasteiger partial charge is 0.424 e. The van der Waals surface area contributed by atoms with Gasteiger partial charge < -0.3 is 4.74 Å². The maximum atomic E-state index is 13.1. The first-order chi connectivity index (χ1) is 15.3. The van der Waals surface area contributed by atoms with E-state index in [2.05, 4.69) is 0 Å². The van der Waals surface area contributed by atoms with E-state index in [0.717, 1.165) is 5.69 Å². The Morgan fingerprint density at radius 2 is 1.66 bits per heavy atom. The van der Waals surface area contributed by atoms with Crippen molar-refractivity contribution in [1.29, 1.82) is 0 Å². The van der Waals surface area contributed by atoms with Gasteiger partial charge in [-0.3, -0.25) is 29.4 Å². The summed E-state index contributed by atoms with van der Waals surface area (Å²) >= 11 is 0. The highest BCUT2D eigenvalue weighted by Crippen LogP contribution is 2.39. The lowest BCUT2D eigenvalue weighted by atomic mass is 10.0. The Balaban J connectivity index is 2.34. The van der Waals surface area contributed by atoms with Gasteiger partial charge in [-0.2, -0.15) is 0 Å². The van der Waals surface area contributed by atoms with Crippen LogP contribution in [0.25, 0.3) is 11.3 Å². The summed E-state index contributed by atoms with van der Waals surface area (Å²) in [7, 11) is 1.84. The normalized spacial score (nSPS) is 10.6. The molecule has 0 aliphatic heterocycles. The third-order valence-electron chi connectivity index (χ3n) is 5.21. The van der Waals surface area contributed by atoms with E-state index in [4.69, 9.17) is 4.74 Å². The second kappa shape index (κ2) is 9.47. The van der Waals surface area contributed by atoms with Gasteiger partial charge >= 0.3 is 5.97 Å². The number of para-hydroxylation sites is 1. The summed E-state index contributed by atoms with van der Waals surface area (Å²) in [5, 5.41) is 13.0. The van der Waals surface area contributed by atoms with Gasteiger partial charge in [0.15, 0.2) is 11.5 Å². The number of hydrogen-bond donors (Lipinski definition) is 0. The van der Waals surface area contributed by atoms with Crippen molar-refractivity contribution in [2.24, 2.45) is 0 Å². The molecule has 0 unspecified atom stereocenters. The minimum absolute atomic E-state index is 0.0546. The highest BCUT2D eigenvalue weighted by atomic mass is 16.6. The van der Waals surface area contributed by atoms with Gasteiger partial charge in [0.05, 0.1) is 27.6 Å². The standard InChI is InChI=1S/C24H25N3O5/c1-5-20(28)22-23(17-12-14-19(15-13-17)27(30)31)26(16(3)24(22)32-21(29)6-2)25(4)18-10-8-7-9-11-18/h7-15H,5-6H2,1-4H3. The van der Waals surface area contributed by atoms with Gasteiger partial charge in [0.2, 0.25) is 0 Å². The molecule has 0 atom stereocenters. The number of esters is 1. The number of nitro benzene ring substituents is 1. The van der Waals surface area contributed by atoms with Crippen LogP contribution < -0.4 is 9.75 Å². The molecule has 2 aromatic carbocycles. The molecule has 0 radical (unpaired) electrons. The summed E-state index contributed by atoms with van der Waals surface area (Å²) in [5.41, 5.74) is 2.75. The van der Waals surface area contributed by atoms with Crippen molar-refractivity contribution in [3.63, 3.8) is 0 Å². The lowest BCUT2D eigenvalue weighted by Gasteiger charge is -2.25. The summed E-state index contributed by atoms with van der Waals surface area (Å²) < 4.78 is 7.43. The first-order valence-corrected chi connectivity index (χ1v) is 10.3. The molecule has 0 spiro atoms. The minimum atomic E-state index is -0.475. The predicted octanol–water partition coefficient (Wildman–Crippen LogP) is 5.18. The quantitative estimate of drug-likeness (QED) is 0.209. The summed E-state index contributed by atoms with van der Waals surface area (Å²) in [6.07, 6.45) is 0.362. The lowest BCUT2D eigenvalue weighted by Crippen LogP contribution is -2.26. The number of carbonyl (C=O) groups is 2. The third kappa shape index (κ3) is 4.25. The lowest BCUT2D eigenvalue weighted by molar-refractivity contribution is -0.384. The molecule has 0 bridgehead atoms. The number of hydrogen-bond acceptors (Lipinski definition) is 6. The molecule has 0 N–H and O–H groups in total. The van der Waals surface area contributed by atoms with Crippen molar-refractivity contribution >= 4 is 23.1 Å². The van der Waals surface area contributed by atoms with Gasteiger partial charge in [-0.1, -0.05) is 32.0 Å². The molecule has 32 heavy (non-hydrogen) atoms. The fourth-order valence-electron chi connectivity index (χ4n) is 3.55. The molecular weight excluding hydrogens is 410 g/mol. The SMILES string of the molecule is CCC(=O)Oc1c(C(=O)CC)c(-c2ccc([N+](=O)[O-])cc2)n(N(C)c2ccccc2)c1C. The van der Waals surface area contributed by atoms with E-state index in [1.165, 1.54) is 12.1 Å². The zero-order valence-corrected chi connectivity index (χ0v) is 18.5. The van der Waals surface area contributed by atoms with Crippen LogP contribution in [0.3, 0.4) is 0 Å². The molecule has 8 heteroatoms.